The van der Waals surface area contributed by atoms with Gasteiger partial charge in [0.15, 0.2) is 0 Å². The van der Waals surface area contributed by atoms with Crippen LogP contribution < -0.4 is 11.1 Å². The number of nitrogens with two attached hydrogens (primary N) is 1. The van der Waals surface area contributed by atoms with E-state index >= 15 is 0 Å². The molecule has 3 N–H and O–H groups in total. The van der Waals surface area contributed by atoms with Crippen LogP contribution >= 0.6 is 11.8 Å². The minimum Gasteiger partial charge on any atom is -0.353 e. The van der Waals surface area contributed by atoms with Gasteiger partial charge in [-0.25, -0.2) is 0 Å². The second kappa shape index (κ2) is 6.31. The molecule has 12 heavy (non-hydrogen) atoms. The molecule has 0 rings (SSSR count). The third kappa shape index (κ3) is 5.43. The second-order valence-corrected chi connectivity index (χ2v) is 4.04. The lowest BCUT2D eigenvalue weighted by atomic mass is 10.2. The molecule has 0 unspecified atom stereocenters. The molecule has 0 heterocycles. The number of carbonyl (C=O) groups excluding carboxylic acids is 1. The molecule has 0 aliphatic rings. The largest absolute Gasteiger partial charge is 0.353 e. The summed E-state index contributed by atoms with van der Waals surface area (Å²) in [6, 6.07) is -0.169. The number of amides is 1. The highest BCUT2D eigenvalue weighted by Gasteiger charge is 2.12. The number of hydrogen-bond donors (Lipinski definition) is 2. The molecule has 0 radical (unpaired) electrons. The molecule has 0 bridgehead atoms. The summed E-state index contributed by atoms with van der Waals surface area (Å²) in [5.74, 6) is 0.895. The van der Waals surface area contributed by atoms with Gasteiger partial charge >= 0.3 is 0 Å². The second-order valence-electron chi connectivity index (χ2n) is 3.05. The SMILES string of the molecule is CSCC[C@H](N)C(=O)NC(C)C. The van der Waals surface area contributed by atoms with Gasteiger partial charge in [-0.1, -0.05) is 0 Å². The Labute approximate surface area is 78.5 Å². The monoisotopic (exact) mass is 190 g/mol. The van der Waals surface area contributed by atoms with E-state index in [4.69, 9.17) is 5.73 Å². The molecule has 0 aromatic carbocycles. The maximum atomic E-state index is 11.2. The van der Waals surface area contributed by atoms with Crippen LogP contribution in [-0.4, -0.2) is 30.0 Å². The van der Waals surface area contributed by atoms with Gasteiger partial charge in [0.05, 0.1) is 6.04 Å². The summed E-state index contributed by atoms with van der Waals surface area (Å²) in [5, 5.41) is 2.78. The Morgan fingerprint density at radius 1 is 1.58 bits per heavy atom. The van der Waals surface area contributed by atoms with E-state index in [-0.39, 0.29) is 18.0 Å². The topological polar surface area (TPSA) is 55.1 Å². The summed E-state index contributed by atoms with van der Waals surface area (Å²) >= 11 is 1.71. The summed E-state index contributed by atoms with van der Waals surface area (Å²) in [6.07, 6.45) is 2.76. The molecule has 0 fully saturated rings. The predicted octanol–water partition coefficient (Wildman–Crippen LogP) is 0.591. The van der Waals surface area contributed by atoms with Gasteiger partial charge < -0.3 is 11.1 Å². The molecule has 1 amide bonds. The van der Waals surface area contributed by atoms with Crippen molar-refractivity contribution in [3.63, 3.8) is 0 Å². The third-order valence-electron chi connectivity index (χ3n) is 1.40. The van der Waals surface area contributed by atoms with Crippen molar-refractivity contribution in [2.45, 2.75) is 32.4 Å². The van der Waals surface area contributed by atoms with E-state index in [9.17, 15) is 4.79 Å². The minimum absolute atomic E-state index is 0.0425. The van der Waals surface area contributed by atoms with Crippen LogP contribution in [0.1, 0.15) is 20.3 Å². The van der Waals surface area contributed by atoms with Crippen molar-refractivity contribution < 1.29 is 4.79 Å². The van der Waals surface area contributed by atoms with Crippen LogP contribution in [0.2, 0.25) is 0 Å². The summed E-state index contributed by atoms with van der Waals surface area (Å²) in [7, 11) is 0. The Bertz CT molecular complexity index is 139. The molecule has 0 saturated carbocycles. The highest BCUT2D eigenvalue weighted by Crippen LogP contribution is 1.98. The average molecular weight is 190 g/mol. The van der Waals surface area contributed by atoms with Crippen LogP contribution in [0, 0.1) is 0 Å². The highest BCUT2D eigenvalue weighted by atomic mass is 32.2. The zero-order valence-corrected chi connectivity index (χ0v) is 8.78. The van der Waals surface area contributed by atoms with E-state index in [0.29, 0.717) is 0 Å². The summed E-state index contributed by atoms with van der Waals surface area (Å²) in [4.78, 5) is 11.2. The zero-order chi connectivity index (χ0) is 9.56. The van der Waals surface area contributed by atoms with Crippen molar-refractivity contribution in [2.75, 3.05) is 12.0 Å². The van der Waals surface area contributed by atoms with Gasteiger partial charge in [0, 0.05) is 6.04 Å². The molecule has 0 aromatic rings. The normalized spacial score (nSPS) is 13.1. The smallest absolute Gasteiger partial charge is 0.237 e. The molecule has 0 aliphatic carbocycles. The van der Waals surface area contributed by atoms with Crippen molar-refractivity contribution in [3.05, 3.63) is 0 Å². The van der Waals surface area contributed by atoms with Gasteiger partial charge in [0.2, 0.25) is 5.91 Å². The molecule has 72 valence electrons. The van der Waals surface area contributed by atoms with Gasteiger partial charge in [0.25, 0.3) is 0 Å². The van der Waals surface area contributed by atoms with Crippen LogP contribution in [-0.2, 0) is 4.79 Å². The Morgan fingerprint density at radius 2 is 2.17 bits per heavy atom. The van der Waals surface area contributed by atoms with Crippen LogP contribution in [0.15, 0.2) is 0 Å². The first-order valence-electron chi connectivity index (χ1n) is 4.12. The lowest BCUT2D eigenvalue weighted by Gasteiger charge is -2.13. The van der Waals surface area contributed by atoms with E-state index in [1.54, 1.807) is 11.8 Å². The predicted molar refractivity (Wildman–Crippen MR) is 54.3 cm³/mol. The Kier molecular flexibility index (Phi) is 6.20. The first kappa shape index (κ1) is 11.8. The van der Waals surface area contributed by atoms with E-state index in [0.717, 1.165) is 12.2 Å². The highest BCUT2D eigenvalue weighted by molar-refractivity contribution is 7.98. The van der Waals surface area contributed by atoms with Gasteiger partial charge in [-0.15, -0.1) is 0 Å². The molecule has 1 atom stereocenters. The molecule has 0 saturated heterocycles. The van der Waals surface area contributed by atoms with Crippen LogP contribution in [0.4, 0.5) is 0 Å². The third-order valence-corrected chi connectivity index (χ3v) is 2.04. The van der Waals surface area contributed by atoms with Crippen molar-refractivity contribution >= 4 is 17.7 Å². The molecular formula is C8H18N2OS. The molecule has 4 heteroatoms. The number of hydrogen-bond acceptors (Lipinski definition) is 3. The minimum atomic E-state index is -0.347. The first-order valence-corrected chi connectivity index (χ1v) is 5.52. The fourth-order valence-corrected chi connectivity index (χ4v) is 1.26. The first-order chi connectivity index (χ1) is 5.57. The van der Waals surface area contributed by atoms with Crippen LogP contribution in [0.3, 0.4) is 0 Å². The van der Waals surface area contributed by atoms with Gasteiger partial charge in [-0.05, 0) is 32.3 Å². The lowest BCUT2D eigenvalue weighted by molar-refractivity contribution is -0.122. The maximum Gasteiger partial charge on any atom is 0.237 e. The van der Waals surface area contributed by atoms with E-state index in [1.807, 2.05) is 20.1 Å². The van der Waals surface area contributed by atoms with Crippen LogP contribution in [0.5, 0.6) is 0 Å². The van der Waals surface area contributed by atoms with Crippen LogP contribution in [0.25, 0.3) is 0 Å². The number of thioether (sulfide) groups is 1. The van der Waals surface area contributed by atoms with E-state index < -0.39 is 0 Å². The fraction of sp³-hybridized carbons (Fsp3) is 0.875. The van der Waals surface area contributed by atoms with Gasteiger partial charge in [-0.2, -0.15) is 11.8 Å². The quantitative estimate of drug-likeness (QED) is 0.667. The average Bonchev–Trinajstić information content (AvgIpc) is 1.98. The van der Waals surface area contributed by atoms with Gasteiger partial charge in [-0.3, -0.25) is 4.79 Å². The summed E-state index contributed by atoms with van der Waals surface area (Å²) in [5.41, 5.74) is 5.63. The maximum absolute atomic E-state index is 11.2. The Hall–Kier alpha value is -0.220. The zero-order valence-electron chi connectivity index (χ0n) is 7.96. The molecule has 3 nitrogen and oxygen atoms in total. The molecular weight excluding hydrogens is 172 g/mol. The van der Waals surface area contributed by atoms with Crippen molar-refractivity contribution in [2.24, 2.45) is 5.73 Å². The summed E-state index contributed by atoms with van der Waals surface area (Å²) in [6.45, 7) is 3.86. The Balaban J connectivity index is 3.61. The number of nitrogens with one attached hydrogen (secondary N) is 1. The number of rotatable bonds is 5. The molecule has 0 aromatic heterocycles. The number of carbonyl (C=O) groups is 1. The van der Waals surface area contributed by atoms with Crippen molar-refractivity contribution in [3.8, 4) is 0 Å². The summed E-state index contributed by atoms with van der Waals surface area (Å²) < 4.78 is 0. The van der Waals surface area contributed by atoms with E-state index in [1.165, 1.54) is 0 Å². The molecule has 0 aliphatic heterocycles. The standard InChI is InChI=1S/C8H18N2OS/c1-6(2)10-8(11)7(9)4-5-12-3/h6-7H,4-5,9H2,1-3H3,(H,10,11)/t7-/m0/s1. The fourth-order valence-electron chi connectivity index (χ4n) is 0.767. The molecule has 0 spiro atoms. The van der Waals surface area contributed by atoms with Crippen molar-refractivity contribution in [1.82, 2.24) is 5.32 Å². The van der Waals surface area contributed by atoms with Crippen molar-refractivity contribution in [1.29, 1.82) is 0 Å². The van der Waals surface area contributed by atoms with Gasteiger partial charge in [0.1, 0.15) is 0 Å². The van der Waals surface area contributed by atoms with E-state index in [2.05, 4.69) is 5.32 Å². The lowest BCUT2D eigenvalue weighted by Crippen LogP contribution is -2.43. The Morgan fingerprint density at radius 3 is 2.58 bits per heavy atom.